The minimum absolute atomic E-state index is 0. The number of hydrogen-bond donors (Lipinski definition) is 1. The fraction of sp³-hybridized carbons (Fsp3) is 0.680. The summed E-state index contributed by atoms with van der Waals surface area (Å²) in [7, 11) is 3.72. The van der Waals surface area contributed by atoms with E-state index < -0.39 is 0 Å². The van der Waals surface area contributed by atoms with Gasteiger partial charge in [0.05, 0.1) is 30.7 Å². The van der Waals surface area contributed by atoms with Crippen LogP contribution in [0, 0.1) is 5.41 Å². The van der Waals surface area contributed by atoms with E-state index in [-0.39, 0.29) is 41.4 Å². The fourth-order valence-electron chi connectivity index (χ4n) is 5.56. The van der Waals surface area contributed by atoms with Crippen LogP contribution >= 0.6 is 24.0 Å². The van der Waals surface area contributed by atoms with Gasteiger partial charge in [0.25, 0.3) is 0 Å². The number of aliphatic imine (C=N–C) groups is 1. The summed E-state index contributed by atoms with van der Waals surface area (Å²) in [5.41, 5.74) is 1.00. The quantitative estimate of drug-likeness (QED) is 0.325. The van der Waals surface area contributed by atoms with Gasteiger partial charge in [-0.25, -0.2) is 0 Å². The Hall–Kier alpha value is -1.39. The van der Waals surface area contributed by atoms with Crippen molar-refractivity contribution in [1.82, 2.24) is 20.0 Å². The lowest BCUT2D eigenvalue weighted by atomic mass is 9.85. The Bertz CT molecular complexity index is 797. The van der Waals surface area contributed by atoms with E-state index in [1.54, 1.807) is 4.90 Å². The van der Waals surface area contributed by atoms with Gasteiger partial charge in [0, 0.05) is 46.8 Å². The Balaban J connectivity index is 0.00000306. The number of nitrogens with zero attached hydrogens (tertiary/aromatic N) is 4. The van der Waals surface area contributed by atoms with Crippen LogP contribution in [-0.4, -0.2) is 92.1 Å². The number of likely N-dealkylation sites (tertiary alicyclic amines) is 1. The molecule has 2 unspecified atom stereocenters. The van der Waals surface area contributed by atoms with E-state index in [0.29, 0.717) is 12.6 Å². The number of halogens is 1. The third kappa shape index (κ3) is 6.00. The lowest BCUT2D eigenvalue weighted by Crippen LogP contribution is -2.50. The highest BCUT2D eigenvalue weighted by molar-refractivity contribution is 14.0. The minimum atomic E-state index is -0.341. The molecule has 1 aromatic carbocycles. The van der Waals surface area contributed by atoms with Gasteiger partial charge in [0.2, 0.25) is 5.91 Å². The minimum Gasteiger partial charge on any atom is -0.373 e. The van der Waals surface area contributed by atoms with Gasteiger partial charge in [-0.05, 0) is 25.3 Å². The molecule has 7 nitrogen and oxygen atoms in total. The zero-order chi connectivity index (χ0) is 22.6. The smallest absolute Gasteiger partial charge is 0.230 e. The number of rotatable bonds is 6. The average Bonchev–Trinajstić information content (AvgIpc) is 3.45. The largest absolute Gasteiger partial charge is 0.373 e. The molecule has 0 aromatic heterocycles. The van der Waals surface area contributed by atoms with Crippen molar-refractivity contribution < 1.29 is 9.53 Å². The molecule has 2 aliphatic heterocycles. The van der Waals surface area contributed by atoms with Gasteiger partial charge in [-0.1, -0.05) is 43.2 Å². The van der Waals surface area contributed by atoms with E-state index in [0.717, 1.165) is 71.0 Å². The van der Waals surface area contributed by atoms with Crippen molar-refractivity contribution in [3.05, 3.63) is 35.9 Å². The molecule has 2 saturated heterocycles. The molecule has 3 aliphatic rings. The number of morpholine rings is 1. The summed E-state index contributed by atoms with van der Waals surface area (Å²) < 4.78 is 6.17. The van der Waals surface area contributed by atoms with Crippen LogP contribution in [0.1, 0.15) is 38.2 Å². The number of amides is 1. The van der Waals surface area contributed by atoms with Crippen LogP contribution in [0.2, 0.25) is 0 Å². The maximum Gasteiger partial charge on any atom is 0.230 e. The second-order valence-corrected chi connectivity index (χ2v) is 9.69. The number of hydrogen-bond acceptors (Lipinski definition) is 4. The molecule has 0 radical (unpaired) electrons. The molecule has 1 amide bonds. The second-order valence-electron chi connectivity index (χ2n) is 9.69. The Labute approximate surface area is 215 Å². The first kappa shape index (κ1) is 26.2. The van der Waals surface area contributed by atoms with E-state index in [9.17, 15) is 4.79 Å². The Morgan fingerprint density at radius 2 is 1.94 bits per heavy atom. The molecule has 2 atom stereocenters. The van der Waals surface area contributed by atoms with Crippen molar-refractivity contribution in [1.29, 1.82) is 0 Å². The van der Waals surface area contributed by atoms with Crippen LogP contribution in [0.15, 0.2) is 35.3 Å². The first-order valence-corrected chi connectivity index (χ1v) is 12.2. The molecule has 8 heteroatoms. The average molecular weight is 570 g/mol. The van der Waals surface area contributed by atoms with E-state index in [4.69, 9.17) is 9.73 Å². The van der Waals surface area contributed by atoms with Gasteiger partial charge in [0.1, 0.15) is 0 Å². The molecule has 3 fully saturated rings. The van der Waals surface area contributed by atoms with Crippen molar-refractivity contribution in [2.75, 3.05) is 53.4 Å². The number of nitrogens with one attached hydrogen (secondary N) is 1. The predicted molar refractivity (Wildman–Crippen MR) is 143 cm³/mol. The maximum absolute atomic E-state index is 13.0. The molecule has 2 heterocycles. The van der Waals surface area contributed by atoms with Crippen molar-refractivity contribution in [3.8, 4) is 0 Å². The topological polar surface area (TPSA) is 60.4 Å². The Morgan fingerprint density at radius 3 is 2.61 bits per heavy atom. The first-order valence-electron chi connectivity index (χ1n) is 12.2. The first-order chi connectivity index (χ1) is 15.5. The molecule has 33 heavy (non-hydrogen) atoms. The number of fused-ring (bicyclic) bond motifs is 1. The van der Waals surface area contributed by atoms with Gasteiger partial charge < -0.3 is 19.9 Å². The lowest BCUT2D eigenvalue weighted by molar-refractivity contribution is -0.138. The van der Waals surface area contributed by atoms with E-state index in [2.05, 4.69) is 52.4 Å². The summed E-state index contributed by atoms with van der Waals surface area (Å²) >= 11 is 0. The summed E-state index contributed by atoms with van der Waals surface area (Å²) in [4.78, 5) is 24.6. The molecule has 1 aliphatic carbocycles. The van der Waals surface area contributed by atoms with Gasteiger partial charge in [0.15, 0.2) is 5.96 Å². The molecule has 1 aromatic rings. The van der Waals surface area contributed by atoms with Crippen molar-refractivity contribution >= 4 is 35.8 Å². The van der Waals surface area contributed by atoms with Crippen LogP contribution in [-0.2, 0) is 16.1 Å². The molecule has 184 valence electrons. The number of carbonyl (C=O) groups is 1. The van der Waals surface area contributed by atoms with Crippen molar-refractivity contribution in [2.45, 2.75) is 51.3 Å². The number of benzene rings is 1. The predicted octanol–water partition coefficient (Wildman–Crippen LogP) is 2.80. The standard InChI is InChI=1S/C25H39N5O2.HI/c1-4-26-24(27-19-25(12-8-9-13-25)23(31)28(2)3)30-17-21-22(18-30)32-15-14-29(21)16-20-10-6-5-7-11-20;/h5-7,10-11,21-22H,4,8-9,12-19H2,1-3H3,(H,26,27);1H. The van der Waals surface area contributed by atoms with Crippen LogP contribution in [0.5, 0.6) is 0 Å². The highest BCUT2D eigenvalue weighted by atomic mass is 127. The summed E-state index contributed by atoms with van der Waals surface area (Å²) in [5.74, 6) is 1.14. The summed E-state index contributed by atoms with van der Waals surface area (Å²) in [6, 6.07) is 11.0. The van der Waals surface area contributed by atoms with Crippen molar-refractivity contribution in [2.24, 2.45) is 10.4 Å². The Kier molecular flexibility index (Phi) is 9.41. The van der Waals surface area contributed by atoms with Crippen LogP contribution < -0.4 is 5.32 Å². The number of guanidine groups is 1. The summed E-state index contributed by atoms with van der Waals surface area (Å²) in [6.07, 6.45) is 4.29. The summed E-state index contributed by atoms with van der Waals surface area (Å²) in [5, 5.41) is 3.49. The molecular formula is C25H40IN5O2. The van der Waals surface area contributed by atoms with Gasteiger partial charge in [-0.3, -0.25) is 14.7 Å². The lowest BCUT2D eigenvalue weighted by Gasteiger charge is -2.36. The van der Waals surface area contributed by atoms with Crippen LogP contribution in [0.4, 0.5) is 0 Å². The molecule has 1 saturated carbocycles. The van der Waals surface area contributed by atoms with E-state index >= 15 is 0 Å². The van der Waals surface area contributed by atoms with Gasteiger partial charge >= 0.3 is 0 Å². The normalized spacial score (nSPS) is 24.8. The highest BCUT2D eigenvalue weighted by Crippen LogP contribution is 2.40. The van der Waals surface area contributed by atoms with Crippen LogP contribution in [0.3, 0.4) is 0 Å². The number of carbonyl (C=O) groups excluding carboxylic acids is 1. The maximum atomic E-state index is 13.0. The van der Waals surface area contributed by atoms with Gasteiger partial charge in [-0.15, -0.1) is 24.0 Å². The highest BCUT2D eigenvalue weighted by Gasteiger charge is 2.44. The van der Waals surface area contributed by atoms with E-state index in [1.807, 2.05) is 14.1 Å². The van der Waals surface area contributed by atoms with Crippen LogP contribution in [0.25, 0.3) is 0 Å². The molecular weight excluding hydrogens is 529 g/mol. The molecule has 1 N–H and O–H groups in total. The molecule has 0 bridgehead atoms. The molecule has 4 rings (SSSR count). The van der Waals surface area contributed by atoms with Crippen molar-refractivity contribution in [3.63, 3.8) is 0 Å². The summed E-state index contributed by atoms with van der Waals surface area (Å²) in [6.45, 7) is 7.91. The Morgan fingerprint density at radius 1 is 1.21 bits per heavy atom. The zero-order valence-electron chi connectivity index (χ0n) is 20.3. The number of ether oxygens (including phenoxy) is 1. The zero-order valence-corrected chi connectivity index (χ0v) is 22.7. The third-order valence-electron chi connectivity index (χ3n) is 7.23. The monoisotopic (exact) mass is 569 g/mol. The second kappa shape index (κ2) is 11.8. The molecule has 0 spiro atoms. The third-order valence-corrected chi connectivity index (χ3v) is 7.23. The van der Waals surface area contributed by atoms with Gasteiger partial charge in [-0.2, -0.15) is 0 Å². The SMILES string of the molecule is CCNC(=NCC1(C(=O)N(C)C)CCCC1)N1CC2OCCN(Cc3ccccc3)C2C1.I. The van der Waals surface area contributed by atoms with E-state index in [1.165, 1.54) is 5.56 Å². The fourth-order valence-corrected chi connectivity index (χ4v) is 5.56.